The van der Waals surface area contributed by atoms with Crippen LogP contribution in [0.25, 0.3) is 0 Å². The summed E-state index contributed by atoms with van der Waals surface area (Å²) in [7, 11) is 0. The molecule has 1 aliphatic rings. The van der Waals surface area contributed by atoms with Crippen LogP contribution in [0.1, 0.15) is 16.8 Å². The molecule has 4 nitrogen and oxygen atoms in total. The highest BCUT2D eigenvalue weighted by Crippen LogP contribution is 2.26. The van der Waals surface area contributed by atoms with Gasteiger partial charge in [0, 0.05) is 35.6 Å². The fourth-order valence-corrected chi connectivity index (χ4v) is 3.33. The van der Waals surface area contributed by atoms with Crippen molar-refractivity contribution in [2.75, 3.05) is 16.8 Å². The topological polar surface area (TPSA) is 41.1 Å². The minimum atomic E-state index is 0.628. The number of para-hydroxylation sites is 1. The third-order valence-electron chi connectivity index (χ3n) is 4.38. The highest BCUT2D eigenvalue weighted by molar-refractivity contribution is 6.30. The Bertz CT molecular complexity index is 895. The zero-order chi connectivity index (χ0) is 17.2. The number of benzene rings is 2. The number of hydrogen-bond acceptors (Lipinski definition) is 4. The molecule has 0 atom stereocenters. The molecule has 4 rings (SSSR count). The van der Waals surface area contributed by atoms with E-state index in [9.17, 15) is 0 Å². The van der Waals surface area contributed by atoms with Crippen molar-refractivity contribution in [3.05, 3.63) is 76.4 Å². The van der Waals surface area contributed by atoms with Crippen LogP contribution in [0.5, 0.6) is 0 Å². The summed E-state index contributed by atoms with van der Waals surface area (Å²) in [4.78, 5) is 11.5. The van der Waals surface area contributed by atoms with Crippen LogP contribution in [0.3, 0.4) is 0 Å². The van der Waals surface area contributed by atoms with Crippen LogP contribution < -0.4 is 10.2 Å². The van der Waals surface area contributed by atoms with Gasteiger partial charge < -0.3 is 10.2 Å². The van der Waals surface area contributed by atoms with E-state index in [4.69, 9.17) is 16.6 Å². The average Bonchev–Trinajstić information content (AvgIpc) is 2.61. The molecule has 126 valence electrons. The molecule has 2 aromatic carbocycles. The lowest BCUT2D eigenvalue weighted by Gasteiger charge is -2.30. The Morgan fingerprint density at radius 3 is 2.68 bits per heavy atom. The van der Waals surface area contributed by atoms with Crippen molar-refractivity contribution in [3.63, 3.8) is 0 Å². The van der Waals surface area contributed by atoms with Gasteiger partial charge in [-0.05, 0) is 48.7 Å². The summed E-state index contributed by atoms with van der Waals surface area (Å²) < 4.78 is 0. The number of fused-ring (bicyclic) bond motifs is 1. The largest absolute Gasteiger partial charge is 0.352 e. The van der Waals surface area contributed by atoms with Crippen molar-refractivity contribution in [3.8, 4) is 0 Å². The van der Waals surface area contributed by atoms with Crippen molar-refractivity contribution >= 4 is 29.1 Å². The third-order valence-corrected chi connectivity index (χ3v) is 4.61. The van der Waals surface area contributed by atoms with Gasteiger partial charge in [-0.3, -0.25) is 0 Å². The van der Waals surface area contributed by atoms with Crippen LogP contribution >= 0.6 is 11.6 Å². The van der Waals surface area contributed by atoms with Gasteiger partial charge in [0.1, 0.15) is 5.82 Å². The molecule has 1 N–H and O–H groups in total. The first-order valence-electron chi connectivity index (χ1n) is 8.37. The van der Waals surface area contributed by atoms with E-state index >= 15 is 0 Å². The number of aryl methyl sites for hydroxylation is 1. The van der Waals surface area contributed by atoms with E-state index < -0.39 is 0 Å². The van der Waals surface area contributed by atoms with Crippen molar-refractivity contribution in [2.24, 2.45) is 0 Å². The molecule has 0 aliphatic carbocycles. The number of aromatic nitrogens is 2. The lowest BCUT2D eigenvalue weighted by Crippen LogP contribution is -2.31. The number of rotatable bonds is 3. The Labute approximate surface area is 152 Å². The maximum atomic E-state index is 6.11. The zero-order valence-corrected chi connectivity index (χ0v) is 14.8. The maximum absolute atomic E-state index is 6.11. The van der Waals surface area contributed by atoms with Crippen LogP contribution in [-0.2, 0) is 13.0 Å². The van der Waals surface area contributed by atoms with Gasteiger partial charge in [0.2, 0.25) is 5.95 Å². The predicted octanol–water partition coefficient (Wildman–Crippen LogP) is 4.74. The second-order valence-corrected chi connectivity index (χ2v) is 6.70. The molecule has 1 aliphatic heterocycles. The lowest BCUT2D eigenvalue weighted by molar-refractivity contribution is 0.719. The second-order valence-electron chi connectivity index (χ2n) is 6.27. The number of hydrogen-bond donors (Lipinski definition) is 1. The predicted molar refractivity (Wildman–Crippen MR) is 103 cm³/mol. The van der Waals surface area contributed by atoms with Crippen molar-refractivity contribution < 1.29 is 0 Å². The summed E-state index contributed by atoms with van der Waals surface area (Å²) in [5, 5.41) is 4.09. The van der Waals surface area contributed by atoms with Crippen LogP contribution in [-0.4, -0.2) is 16.5 Å². The van der Waals surface area contributed by atoms with Gasteiger partial charge in [-0.2, -0.15) is 4.98 Å². The number of halogens is 1. The van der Waals surface area contributed by atoms with Gasteiger partial charge in [0.15, 0.2) is 0 Å². The van der Waals surface area contributed by atoms with Crippen molar-refractivity contribution in [2.45, 2.75) is 19.9 Å². The molecule has 2 heterocycles. The molecule has 0 spiro atoms. The SMILES string of the molecule is Cc1cc(N2CCc3cc(Cl)ccc3C2)nc(Nc2ccccc2)n1. The van der Waals surface area contributed by atoms with Gasteiger partial charge in [0.05, 0.1) is 0 Å². The Balaban J connectivity index is 1.59. The van der Waals surface area contributed by atoms with Crippen LogP contribution in [0.2, 0.25) is 5.02 Å². The normalized spacial score (nSPS) is 13.4. The van der Waals surface area contributed by atoms with Crippen LogP contribution in [0.15, 0.2) is 54.6 Å². The first-order chi connectivity index (χ1) is 12.2. The Kier molecular flexibility index (Phi) is 4.28. The Morgan fingerprint density at radius 1 is 1.00 bits per heavy atom. The minimum Gasteiger partial charge on any atom is -0.352 e. The molecule has 0 saturated heterocycles. The van der Waals surface area contributed by atoms with E-state index in [1.807, 2.05) is 49.4 Å². The van der Waals surface area contributed by atoms with Crippen LogP contribution in [0, 0.1) is 6.92 Å². The first-order valence-corrected chi connectivity index (χ1v) is 8.75. The summed E-state index contributed by atoms with van der Waals surface area (Å²) in [6, 6.07) is 18.2. The van der Waals surface area contributed by atoms with E-state index in [1.165, 1.54) is 11.1 Å². The average molecular weight is 351 g/mol. The number of anilines is 3. The fourth-order valence-electron chi connectivity index (χ4n) is 3.14. The number of nitrogens with zero attached hydrogens (tertiary/aromatic N) is 3. The van der Waals surface area contributed by atoms with E-state index in [-0.39, 0.29) is 0 Å². The van der Waals surface area contributed by atoms with E-state index in [0.29, 0.717) is 5.95 Å². The van der Waals surface area contributed by atoms with Gasteiger partial charge in [-0.25, -0.2) is 4.98 Å². The van der Waals surface area contributed by atoms with E-state index in [2.05, 4.69) is 27.3 Å². The lowest BCUT2D eigenvalue weighted by atomic mass is 10.00. The summed E-state index contributed by atoms with van der Waals surface area (Å²) in [6.45, 7) is 3.77. The first kappa shape index (κ1) is 15.9. The molecule has 0 unspecified atom stereocenters. The molecular weight excluding hydrogens is 332 g/mol. The summed E-state index contributed by atoms with van der Waals surface area (Å²) in [5.74, 6) is 1.58. The zero-order valence-electron chi connectivity index (χ0n) is 14.0. The monoisotopic (exact) mass is 350 g/mol. The van der Waals surface area contributed by atoms with Crippen molar-refractivity contribution in [1.29, 1.82) is 0 Å². The highest BCUT2D eigenvalue weighted by atomic mass is 35.5. The molecule has 0 radical (unpaired) electrons. The minimum absolute atomic E-state index is 0.628. The van der Waals surface area contributed by atoms with Crippen molar-refractivity contribution in [1.82, 2.24) is 9.97 Å². The molecule has 0 bridgehead atoms. The van der Waals surface area contributed by atoms with Gasteiger partial charge in [0.25, 0.3) is 0 Å². The van der Waals surface area contributed by atoms with Gasteiger partial charge in [-0.1, -0.05) is 35.9 Å². The molecule has 3 aromatic rings. The Hall–Kier alpha value is -2.59. The quantitative estimate of drug-likeness (QED) is 0.740. The summed E-state index contributed by atoms with van der Waals surface area (Å²) in [5.41, 5.74) is 4.57. The number of nitrogens with one attached hydrogen (secondary N) is 1. The van der Waals surface area contributed by atoms with E-state index in [0.717, 1.165) is 41.7 Å². The molecule has 5 heteroatoms. The highest BCUT2D eigenvalue weighted by Gasteiger charge is 2.18. The second kappa shape index (κ2) is 6.73. The van der Waals surface area contributed by atoms with Crippen LogP contribution in [0.4, 0.5) is 17.5 Å². The third kappa shape index (κ3) is 3.59. The molecule has 1 aromatic heterocycles. The fraction of sp³-hybridized carbons (Fsp3) is 0.200. The standard InChI is InChI=1S/C20H19ClN4/c1-14-11-19(24-20(22-14)23-18-5-3-2-4-6-18)25-10-9-15-12-17(21)8-7-16(15)13-25/h2-8,11-12H,9-10,13H2,1H3,(H,22,23,24). The van der Waals surface area contributed by atoms with Gasteiger partial charge in [-0.15, -0.1) is 0 Å². The summed E-state index contributed by atoms with van der Waals surface area (Å²) >= 11 is 6.11. The molecular formula is C20H19ClN4. The van der Waals surface area contributed by atoms with E-state index in [1.54, 1.807) is 0 Å². The Morgan fingerprint density at radius 2 is 1.84 bits per heavy atom. The van der Waals surface area contributed by atoms with Gasteiger partial charge >= 0.3 is 0 Å². The molecule has 0 amide bonds. The molecule has 0 fully saturated rings. The molecule has 0 saturated carbocycles. The summed E-state index contributed by atoms with van der Waals surface area (Å²) in [6.07, 6.45) is 0.973. The molecule has 25 heavy (non-hydrogen) atoms. The maximum Gasteiger partial charge on any atom is 0.229 e. The smallest absolute Gasteiger partial charge is 0.229 e.